The van der Waals surface area contributed by atoms with Crippen molar-refractivity contribution in [3.05, 3.63) is 46.8 Å². The van der Waals surface area contributed by atoms with Crippen LogP contribution in [0.15, 0.2) is 29.4 Å². The molecule has 1 amide bonds. The van der Waals surface area contributed by atoms with E-state index in [1.807, 2.05) is 44.5 Å². The number of nitrogens with one attached hydrogen (secondary N) is 1. The van der Waals surface area contributed by atoms with Crippen molar-refractivity contribution in [2.75, 3.05) is 12.3 Å². The SMILES string of the molecule is Cc1ccc(C)c(-n2nnnc2SCC(=O)NCCCn2nc(C)cc2C)c1. The number of amides is 1. The molecule has 0 saturated carbocycles. The van der Waals surface area contributed by atoms with Gasteiger partial charge in [-0.05, 0) is 67.8 Å². The molecule has 1 aromatic carbocycles. The first-order valence-corrected chi connectivity index (χ1v) is 10.2. The molecular weight excluding hydrogens is 374 g/mol. The van der Waals surface area contributed by atoms with Crippen molar-refractivity contribution < 1.29 is 4.79 Å². The lowest BCUT2D eigenvalue weighted by Gasteiger charge is -2.09. The monoisotopic (exact) mass is 399 g/mol. The Morgan fingerprint density at radius 3 is 2.75 bits per heavy atom. The molecule has 1 N–H and O–H groups in total. The standard InChI is InChI=1S/C19H25N7OS/c1-13-6-7-14(2)17(10-13)26-19(21-23-24-26)28-12-18(27)20-8-5-9-25-16(4)11-15(3)22-25/h6-7,10-11H,5,8-9,12H2,1-4H3,(H,20,27). The van der Waals surface area contributed by atoms with Crippen LogP contribution in [-0.4, -0.2) is 48.2 Å². The molecule has 3 rings (SSSR count). The molecule has 0 aliphatic rings. The van der Waals surface area contributed by atoms with Crippen LogP contribution in [0.25, 0.3) is 5.69 Å². The minimum absolute atomic E-state index is 0.0334. The second-order valence-electron chi connectivity index (χ2n) is 6.81. The Labute approximate surface area is 168 Å². The Balaban J connectivity index is 1.48. The molecule has 0 aliphatic heterocycles. The van der Waals surface area contributed by atoms with Gasteiger partial charge in [0.1, 0.15) is 0 Å². The number of aromatic nitrogens is 6. The fraction of sp³-hybridized carbons (Fsp3) is 0.421. The molecule has 0 bridgehead atoms. The predicted molar refractivity (Wildman–Crippen MR) is 109 cm³/mol. The van der Waals surface area contributed by atoms with E-state index in [1.165, 1.54) is 11.8 Å². The van der Waals surface area contributed by atoms with Crippen LogP contribution in [-0.2, 0) is 11.3 Å². The van der Waals surface area contributed by atoms with Gasteiger partial charge < -0.3 is 5.32 Å². The molecule has 0 atom stereocenters. The van der Waals surface area contributed by atoms with E-state index in [4.69, 9.17) is 0 Å². The summed E-state index contributed by atoms with van der Waals surface area (Å²) in [5.41, 5.74) is 5.29. The molecule has 0 radical (unpaired) electrons. The quantitative estimate of drug-likeness (QED) is 0.462. The summed E-state index contributed by atoms with van der Waals surface area (Å²) in [4.78, 5) is 12.2. The van der Waals surface area contributed by atoms with E-state index in [-0.39, 0.29) is 11.7 Å². The van der Waals surface area contributed by atoms with Gasteiger partial charge in [-0.15, -0.1) is 5.10 Å². The third kappa shape index (κ3) is 4.98. The van der Waals surface area contributed by atoms with Gasteiger partial charge in [-0.1, -0.05) is 23.9 Å². The molecule has 28 heavy (non-hydrogen) atoms. The zero-order valence-electron chi connectivity index (χ0n) is 16.6. The van der Waals surface area contributed by atoms with Crippen molar-refractivity contribution in [2.24, 2.45) is 0 Å². The Morgan fingerprint density at radius 1 is 1.18 bits per heavy atom. The maximum Gasteiger partial charge on any atom is 0.230 e. The molecular formula is C19H25N7OS. The van der Waals surface area contributed by atoms with E-state index in [0.717, 1.165) is 41.2 Å². The molecule has 8 nitrogen and oxygen atoms in total. The van der Waals surface area contributed by atoms with Crippen molar-refractivity contribution >= 4 is 17.7 Å². The van der Waals surface area contributed by atoms with Gasteiger partial charge in [0.05, 0.1) is 17.1 Å². The average molecular weight is 400 g/mol. The minimum Gasteiger partial charge on any atom is -0.355 e. The Morgan fingerprint density at radius 2 is 2.00 bits per heavy atom. The van der Waals surface area contributed by atoms with Gasteiger partial charge in [0.2, 0.25) is 11.1 Å². The summed E-state index contributed by atoms with van der Waals surface area (Å²) < 4.78 is 3.65. The van der Waals surface area contributed by atoms with E-state index in [0.29, 0.717) is 11.7 Å². The lowest BCUT2D eigenvalue weighted by atomic mass is 10.1. The maximum atomic E-state index is 12.2. The van der Waals surface area contributed by atoms with Crippen LogP contribution >= 0.6 is 11.8 Å². The van der Waals surface area contributed by atoms with Crippen LogP contribution in [0.4, 0.5) is 0 Å². The van der Waals surface area contributed by atoms with Gasteiger partial charge in [-0.25, -0.2) is 0 Å². The summed E-state index contributed by atoms with van der Waals surface area (Å²) in [6.45, 7) is 9.46. The van der Waals surface area contributed by atoms with E-state index in [2.05, 4.69) is 38.1 Å². The van der Waals surface area contributed by atoms with Crippen LogP contribution in [0.2, 0.25) is 0 Å². The fourth-order valence-electron chi connectivity index (χ4n) is 2.91. The largest absolute Gasteiger partial charge is 0.355 e. The van der Waals surface area contributed by atoms with Gasteiger partial charge in [0, 0.05) is 18.8 Å². The van der Waals surface area contributed by atoms with Crippen LogP contribution in [0.3, 0.4) is 0 Å². The topological polar surface area (TPSA) is 90.5 Å². The van der Waals surface area contributed by atoms with Crippen molar-refractivity contribution in [3.63, 3.8) is 0 Å². The van der Waals surface area contributed by atoms with Gasteiger partial charge in [0.15, 0.2) is 0 Å². The summed E-state index contributed by atoms with van der Waals surface area (Å²) in [5.74, 6) is 0.236. The van der Waals surface area contributed by atoms with Crippen LogP contribution < -0.4 is 5.32 Å². The van der Waals surface area contributed by atoms with Crippen LogP contribution in [0.5, 0.6) is 0 Å². The zero-order valence-corrected chi connectivity index (χ0v) is 17.5. The zero-order chi connectivity index (χ0) is 20.1. The van der Waals surface area contributed by atoms with Crippen LogP contribution in [0.1, 0.15) is 28.9 Å². The minimum atomic E-state index is -0.0334. The molecule has 0 saturated heterocycles. The number of carbonyl (C=O) groups is 1. The Kier molecular flexibility index (Phi) is 6.45. The first kappa shape index (κ1) is 20.1. The predicted octanol–water partition coefficient (Wildman–Crippen LogP) is 2.39. The summed E-state index contributed by atoms with van der Waals surface area (Å²) in [6, 6.07) is 8.18. The highest BCUT2D eigenvalue weighted by Crippen LogP contribution is 2.21. The first-order chi connectivity index (χ1) is 13.4. The molecule has 0 aliphatic carbocycles. The number of thioether (sulfide) groups is 1. The number of aryl methyl sites for hydroxylation is 5. The fourth-order valence-corrected chi connectivity index (χ4v) is 3.62. The molecule has 0 fully saturated rings. The van der Waals surface area contributed by atoms with E-state index < -0.39 is 0 Å². The van der Waals surface area contributed by atoms with Crippen molar-refractivity contribution in [2.45, 2.75) is 45.8 Å². The molecule has 0 unspecified atom stereocenters. The highest BCUT2D eigenvalue weighted by molar-refractivity contribution is 7.99. The van der Waals surface area contributed by atoms with Gasteiger partial charge in [-0.3, -0.25) is 9.48 Å². The number of rotatable bonds is 8. The number of tetrazole rings is 1. The number of nitrogens with zero attached hydrogens (tertiary/aromatic N) is 6. The maximum absolute atomic E-state index is 12.2. The summed E-state index contributed by atoms with van der Waals surface area (Å²) in [7, 11) is 0. The number of benzene rings is 1. The normalized spacial score (nSPS) is 11.0. The van der Waals surface area contributed by atoms with Crippen molar-refractivity contribution in [1.29, 1.82) is 0 Å². The van der Waals surface area contributed by atoms with E-state index in [1.54, 1.807) is 4.68 Å². The smallest absolute Gasteiger partial charge is 0.230 e. The molecule has 0 spiro atoms. The first-order valence-electron chi connectivity index (χ1n) is 9.20. The van der Waals surface area contributed by atoms with Crippen LogP contribution in [0, 0.1) is 27.7 Å². The second-order valence-corrected chi connectivity index (χ2v) is 7.75. The summed E-state index contributed by atoms with van der Waals surface area (Å²) in [6.07, 6.45) is 0.832. The number of hydrogen-bond donors (Lipinski definition) is 1. The molecule has 3 aromatic rings. The Bertz CT molecular complexity index is 963. The van der Waals surface area contributed by atoms with Gasteiger partial charge in [0.25, 0.3) is 0 Å². The molecule has 2 heterocycles. The van der Waals surface area contributed by atoms with E-state index in [9.17, 15) is 4.79 Å². The molecule has 2 aromatic heterocycles. The number of hydrogen-bond acceptors (Lipinski definition) is 6. The van der Waals surface area contributed by atoms with E-state index >= 15 is 0 Å². The third-order valence-corrected chi connectivity index (χ3v) is 5.26. The van der Waals surface area contributed by atoms with Crippen molar-refractivity contribution in [1.82, 2.24) is 35.3 Å². The Hall–Kier alpha value is -2.68. The second kappa shape index (κ2) is 9.01. The van der Waals surface area contributed by atoms with Crippen molar-refractivity contribution in [3.8, 4) is 5.69 Å². The molecule has 9 heteroatoms. The highest BCUT2D eigenvalue weighted by atomic mass is 32.2. The third-order valence-electron chi connectivity index (χ3n) is 4.34. The highest BCUT2D eigenvalue weighted by Gasteiger charge is 2.13. The average Bonchev–Trinajstić information content (AvgIpc) is 3.24. The summed E-state index contributed by atoms with van der Waals surface area (Å²) in [5, 5.41) is 19.9. The van der Waals surface area contributed by atoms with Gasteiger partial charge in [-0.2, -0.15) is 9.78 Å². The van der Waals surface area contributed by atoms with Gasteiger partial charge >= 0.3 is 0 Å². The lowest BCUT2D eigenvalue weighted by Crippen LogP contribution is -2.27. The summed E-state index contributed by atoms with van der Waals surface area (Å²) >= 11 is 1.33. The lowest BCUT2D eigenvalue weighted by molar-refractivity contribution is -0.118. The number of carbonyl (C=O) groups excluding carboxylic acids is 1. The molecule has 148 valence electrons.